The van der Waals surface area contributed by atoms with Crippen LogP contribution >= 0.6 is 0 Å². The minimum Gasteiger partial charge on any atom is -0.481 e. The zero-order valence-electron chi connectivity index (χ0n) is 20.9. The van der Waals surface area contributed by atoms with Crippen LogP contribution in [-0.2, 0) is 38.1 Å². The Balaban J connectivity index is 1.19. The second-order valence-corrected chi connectivity index (χ2v) is 8.53. The highest BCUT2D eigenvalue weighted by molar-refractivity contribution is 5.80. The number of rotatable bonds is 19. The number of aliphatic carboxylic acids is 1. The number of carboxylic acid groups (broad SMARTS) is 1. The number of esters is 1. The van der Waals surface area contributed by atoms with E-state index in [1.807, 2.05) is 24.3 Å². The van der Waals surface area contributed by atoms with E-state index >= 15 is 0 Å². The molecule has 1 aliphatic rings. The van der Waals surface area contributed by atoms with Crippen molar-refractivity contribution < 1.29 is 43.2 Å². The van der Waals surface area contributed by atoms with Crippen LogP contribution in [0.1, 0.15) is 36.3 Å². The van der Waals surface area contributed by atoms with Crippen molar-refractivity contribution in [3.8, 4) is 11.1 Å². The Bertz CT molecular complexity index is 975. The van der Waals surface area contributed by atoms with E-state index in [1.165, 1.54) is 0 Å². The number of Topliss-reactive ketones (excluding diaryl/α,β-unsaturated/α-hetero) is 1. The molecule has 0 heterocycles. The lowest BCUT2D eigenvalue weighted by Gasteiger charge is -2.14. The van der Waals surface area contributed by atoms with E-state index in [9.17, 15) is 14.4 Å². The normalized spacial score (nSPS) is 12.2. The lowest BCUT2D eigenvalue weighted by molar-refractivity contribution is -0.150. The number of fused-ring (bicyclic) bond motifs is 3. The summed E-state index contributed by atoms with van der Waals surface area (Å²) in [5.74, 6) is -1.51. The van der Waals surface area contributed by atoms with E-state index < -0.39 is 11.9 Å². The molecular formula is C28H34O9. The van der Waals surface area contributed by atoms with Crippen LogP contribution in [-0.4, -0.2) is 82.3 Å². The molecule has 0 amide bonds. The van der Waals surface area contributed by atoms with Gasteiger partial charge in [0.05, 0.1) is 39.5 Å². The summed E-state index contributed by atoms with van der Waals surface area (Å²) in [5.41, 5.74) is 4.61. The highest BCUT2D eigenvalue weighted by atomic mass is 16.6. The van der Waals surface area contributed by atoms with Crippen molar-refractivity contribution in [2.24, 2.45) is 0 Å². The number of carbonyl (C=O) groups is 3. The predicted molar refractivity (Wildman–Crippen MR) is 134 cm³/mol. The summed E-state index contributed by atoms with van der Waals surface area (Å²) in [7, 11) is 0. The largest absolute Gasteiger partial charge is 0.481 e. The molecule has 1 N–H and O–H groups in total. The lowest BCUT2D eigenvalue weighted by Crippen LogP contribution is -2.19. The highest BCUT2D eigenvalue weighted by Crippen LogP contribution is 2.44. The SMILES string of the molecule is O=C(O)CCOCCOCCOCCCC(=O)COCC(=O)OCC1c2ccccc2-c2ccccc21. The van der Waals surface area contributed by atoms with Crippen LogP contribution in [0.15, 0.2) is 48.5 Å². The minimum atomic E-state index is -0.894. The molecule has 3 rings (SSSR count). The third kappa shape index (κ3) is 9.70. The van der Waals surface area contributed by atoms with Gasteiger partial charge >= 0.3 is 11.9 Å². The molecule has 0 spiro atoms. The number of ketones is 1. The summed E-state index contributed by atoms with van der Waals surface area (Å²) in [6, 6.07) is 16.2. The highest BCUT2D eigenvalue weighted by Gasteiger charge is 2.28. The van der Waals surface area contributed by atoms with Gasteiger partial charge in [-0.2, -0.15) is 0 Å². The third-order valence-corrected chi connectivity index (χ3v) is 5.81. The van der Waals surface area contributed by atoms with Gasteiger partial charge in [0, 0.05) is 18.9 Å². The molecule has 2 aromatic carbocycles. The van der Waals surface area contributed by atoms with Crippen LogP contribution in [0.5, 0.6) is 0 Å². The van der Waals surface area contributed by atoms with E-state index in [0.717, 1.165) is 22.3 Å². The average Bonchev–Trinajstić information content (AvgIpc) is 3.21. The molecule has 0 fully saturated rings. The molecule has 0 saturated carbocycles. The first-order valence-corrected chi connectivity index (χ1v) is 12.4. The molecule has 2 aromatic rings. The Hall–Kier alpha value is -3.11. The lowest BCUT2D eigenvalue weighted by atomic mass is 9.98. The fraction of sp³-hybridized carbons (Fsp3) is 0.464. The molecular weight excluding hydrogens is 480 g/mol. The third-order valence-electron chi connectivity index (χ3n) is 5.81. The number of benzene rings is 2. The summed E-state index contributed by atoms with van der Waals surface area (Å²) >= 11 is 0. The van der Waals surface area contributed by atoms with Crippen LogP contribution in [0.25, 0.3) is 11.1 Å². The van der Waals surface area contributed by atoms with E-state index in [2.05, 4.69) is 24.3 Å². The Morgan fingerprint density at radius 3 is 1.86 bits per heavy atom. The summed E-state index contributed by atoms with van der Waals surface area (Å²) in [6.07, 6.45) is 0.816. The van der Waals surface area contributed by atoms with Crippen LogP contribution in [0.4, 0.5) is 0 Å². The van der Waals surface area contributed by atoms with Gasteiger partial charge in [-0.25, -0.2) is 4.79 Å². The summed E-state index contributed by atoms with van der Waals surface area (Å²) < 4.78 is 26.5. The van der Waals surface area contributed by atoms with Crippen molar-refractivity contribution in [3.05, 3.63) is 59.7 Å². The second kappa shape index (κ2) is 15.9. The first kappa shape index (κ1) is 28.5. The smallest absolute Gasteiger partial charge is 0.332 e. The Morgan fingerprint density at radius 1 is 0.676 bits per heavy atom. The molecule has 9 heteroatoms. The van der Waals surface area contributed by atoms with Crippen molar-refractivity contribution >= 4 is 17.7 Å². The van der Waals surface area contributed by atoms with Crippen LogP contribution in [0.3, 0.4) is 0 Å². The number of hydrogen-bond acceptors (Lipinski definition) is 8. The molecule has 0 radical (unpaired) electrons. The van der Waals surface area contributed by atoms with Gasteiger partial charge in [-0.05, 0) is 28.7 Å². The maximum absolute atomic E-state index is 12.2. The van der Waals surface area contributed by atoms with Crippen LogP contribution in [0, 0.1) is 0 Å². The van der Waals surface area contributed by atoms with Crippen molar-refractivity contribution in [3.63, 3.8) is 0 Å². The van der Waals surface area contributed by atoms with Gasteiger partial charge in [0.1, 0.15) is 19.8 Å². The molecule has 0 saturated heterocycles. The van der Waals surface area contributed by atoms with Gasteiger partial charge in [-0.15, -0.1) is 0 Å². The standard InChI is InChI=1S/C28H34O9/c29-21(6-5-12-33-14-16-35-17-15-34-13-11-27(30)31)18-36-20-28(32)37-19-26-24-9-3-1-7-22(24)23-8-2-4-10-25(23)26/h1-4,7-10,26H,5-6,11-20H2,(H,30,31). The topological polar surface area (TPSA) is 118 Å². The molecule has 0 aromatic heterocycles. The van der Waals surface area contributed by atoms with Gasteiger partial charge in [0.2, 0.25) is 0 Å². The van der Waals surface area contributed by atoms with Gasteiger partial charge in [-0.1, -0.05) is 48.5 Å². The Morgan fingerprint density at radius 2 is 1.24 bits per heavy atom. The first-order valence-electron chi connectivity index (χ1n) is 12.4. The Labute approximate surface area is 216 Å². The fourth-order valence-electron chi connectivity index (χ4n) is 4.05. The summed E-state index contributed by atoms with van der Waals surface area (Å²) in [5, 5.41) is 8.49. The van der Waals surface area contributed by atoms with Gasteiger partial charge in [0.25, 0.3) is 0 Å². The molecule has 0 bridgehead atoms. The molecule has 0 unspecified atom stereocenters. The zero-order chi connectivity index (χ0) is 26.3. The van der Waals surface area contributed by atoms with Gasteiger partial charge < -0.3 is 28.8 Å². The number of ether oxygens (including phenoxy) is 5. The van der Waals surface area contributed by atoms with Crippen LogP contribution in [0.2, 0.25) is 0 Å². The summed E-state index contributed by atoms with van der Waals surface area (Å²) in [6.45, 7) is 1.87. The maximum Gasteiger partial charge on any atom is 0.332 e. The quantitative estimate of drug-likeness (QED) is 0.223. The van der Waals surface area contributed by atoms with Crippen LogP contribution < -0.4 is 0 Å². The minimum absolute atomic E-state index is 0.0134. The molecule has 200 valence electrons. The van der Waals surface area contributed by atoms with Gasteiger partial charge in [0.15, 0.2) is 5.78 Å². The number of hydrogen-bond donors (Lipinski definition) is 1. The fourth-order valence-corrected chi connectivity index (χ4v) is 4.05. The number of carbonyl (C=O) groups excluding carboxylic acids is 2. The van der Waals surface area contributed by atoms with Gasteiger partial charge in [-0.3, -0.25) is 9.59 Å². The Kier molecular flexibility index (Phi) is 12.2. The molecule has 0 aliphatic heterocycles. The van der Waals surface area contributed by atoms with E-state index in [1.54, 1.807) is 0 Å². The van der Waals surface area contributed by atoms with Crippen molar-refractivity contribution in [2.45, 2.75) is 25.2 Å². The molecule has 37 heavy (non-hydrogen) atoms. The predicted octanol–water partition coefficient (Wildman–Crippen LogP) is 3.23. The molecule has 9 nitrogen and oxygen atoms in total. The van der Waals surface area contributed by atoms with E-state index in [0.29, 0.717) is 45.9 Å². The monoisotopic (exact) mass is 514 g/mol. The average molecular weight is 515 g/mol. The van der Waals surface area contributed by atoms with Crippen molar-refractivity contribution in [1.82, 2.24) is 0 Å². The maximum atomic E-state index is 12.2. The molecule has 0 atom stereocenters. The molecule has 1 aliphatic carbocycles. The second-order valence-electron chi connectivity index (χ2n) is 8.53. The zero-order valence-corrected chi connectivity index (χ0v) is 20.9. The van der Waals surface area contributed by atoms with Crippen molar-refractivity contribution in [1.29, 1.82) is 0 Å². The van der Waals surface area contributed by atoms with Crippen molar-refractivity contribution in [2.75, 3.05) is 59.5 Å². The first-order chi connectivity index (χ1) is 18.1. The van der Waals surface area contributed by atoms with E-state index in [4.69, 9.17) is 28.8 Å². The number of carboxylic acids is 1. The summed E-state index contributed by atoms with van der Waals surface area (Å²) in [4.78, 5) is 34.5. The van der Waals surface area contributed by atoms with E-state index in [-0.39, 0.29) is 44.5 Å².